The zero-order valence-corrected chi connectivity index (χ0v) is 10.7. The van der Waals surface area contributed by atoms with Gasteiger partial charge in [-0.15, -0.1) is 0 Å². The van der Waals surface area contributed by atoms with Crippen LogP contribution in [0.25, 0.3) is 11.4 Å². The number of hydrogen-bond donors (Lipinski definition) is 2. The fourth-order valence-electron chi connectivity index (χ4n) is 1.67. The van der Waals surface area contributed by atoms with E-state index < -0.39 is 5.82 Å². The van der Waals surface area contributed by atoms with Crippen molar-refractivity contribution in [3.8, 4) is 17.5 Å². The molecule has 102 valence electrons. The summed E-state index contributed by atoms with van der Waals surface area (Å²) in [5.74, 6) is -0.121. The zero-order valence-electron chi connectivity index (χ0n) is 10.7. The van der Waals surface area contributed by atoms with Crippen LogP contribution in [0.15, 0.2) is 30.5 Å². The molecule has 6 heteroatoms. The van der Waals surface area contributed by atoms with Crippen LogP contribution in [0.1, 0.15) is 5.56 Å². The third-order valence-electron chi connectivity index (χ3n) is 2.64. The summed E-state index contributed by atoms with van der Waals surface area (Å²) < 4.78 is 13.5. The molecule has 0 amide bonds. The molecule has 2 N–H and O–H groups in total. The molecular weight excluding hydrogens is 259 g/mol. The van der Waals surface area contributed by atoms with Crippen molar-refractivity contribution >= 4 is 5.82 Å². The quantitative estimate of drug-likeness (QED) is 0.866. The Morgan fingerprint density at radius 3 is 2.70 bits per heavy atom. The van der Waals surface area contributed by atoms with Crippen molar-refractivity contribution < 1.29 is 9.50 Å². The third-order valence-corrected chi connectivity index (χ3v) is 2.64. The van der Waals surface area contributed by atoms with Crippen LogP contribution >= 0.6 is 0 Å². The lowest BCUT2D eigenvalue weighted by Gasteiger charge is -2.07. The maximum atomic E-state index is 13.5. The summed E-state index contributed by atoms with van der Waals surface area (Å²) in [5, 5.41) is 20.0. The first kappa shape index (κ1) is 13.9. The molecule has 0 aliphatic heterocycles. The number of nitrogens with one attached hydrogen (secondary N) is 1. The maximum absolute atomic E-state index is 13.5. The van der Waals surface area contributed by atoms with Crippen LogP contribution in [0.3, 0.4) is 0 Å². The smallest absolute Gasteiger partial charge is 0.183 e. The normalized spacial score (nSPS) is 10.1. The molecule has 0 unspecified atom stereocenters. The average Bonchev–Trinajstić information content (AvgIpc) is 2.48. The van der Waals surface area contributed by atoms with Crippen LogP contribution in [0.5, 0.6) is 0 Å². The summed E-state index contributed by atoms with van der Waals surface area (Å²) in [4.78, 5) is 8.02. The number of aliphatic hydroxyl groups excluding tert-OH is 1. The van der Waals surface area contributed by atoms with E-state index in [-0.39, 0.29) is 19.0 Å². The summed E-state index contributed by atoms with van der Waals surface area (Å²) in [7, 11) is 0. The summed E-state index contributed by atoms with van der Waals surface area (Å²) in [6, 6.07) is 9.27. The van der Waals surface area contributed by atoms with Crippen LogP contribution < -0.4 is 5.32 Å². The van der Waals surface area contributed by atoms with Crippen molar-refractivity contribution in [3.05, 3.63) is 41.8 Å². The van der Waals surface area contributed by atoms with E-state index in [4.69, 9.17) is 10.4 Å². The topological polar surface area (TPSA) is 81.8 Å². The Morgan fingerprint density at radius 2 is 2.05 bits per heavy atom. The highest BCUT2D eigenvalue weighted by Gasteiger charge is 2.08. The summed E-state index contributed by atoms with van der Waals surface area (Å²) in [6.07, 6.45) is 1.43. The van der Waals surface area contributed by atoms with Crippen molar-refractivity contribution in [1.29, 1.82) is 5.26 Å². The van der Waals surface area contributed by atoms with Crippen LogP contribution in [-0.2, 0) is 6.42 Å². The number of anilines is 1. The molecule has 0 radical (unpaired) electrons. The Bertz CT molecular complexity index is 622. The molecule has 5 nitrogen and oxygen atoms in total. The van der Waals surface area contributed by atoms with Crippen molar-refractivity contribution in [2.75, 3.05) is 18.5 Å². The number of nitriles is 1. The molecular formula is C14H13FN4O. The van der Waals surface area contributed by atoms with E-state index in [0.717, 1.165) is 17.3 Å². The Hall–Kier alpha value is -2.52. The van der Waals surface area contributed by atoms with Gasteiger partial charge in [0.2, 0.25) is 0 Å². The Kier molecular flexibility index (Phi) is 4.58. The van der Waals surface area contributed by atoms with Crippen LogP contribution in [0.2, 0.25) is 0 Å². The number of rotatable bonds is 5. The molecule has 2 rings (SSSR count). The highest BCUT2D eigenvalue weighted by Crippen LogP contribution is 2.19. The van der Waals surface area contributed by atoms with Crippen molar-refractivity contribution in [3.63, 3.8) is 0 Å². The van der Waals surface area contributed by atoms with E-state index in [9.17, 15) is 4.39 Å². The minimum atomic E-state index is -0.566. The Morgan fingerprint density at radius 1 is 1.30 bits per heavy atom. The molecule has 0 atom stereocenters. The summed E-state index contributed by atoms with van der Waals surface area (Å²) in [6.45, 7) is 0.107. The maximum Gasteiger partial charge on any atom is 0.183 e. The van der Waals surface area contributed by atoms with E-state index in [1.165, 1.54) is 0 Å². The monoisotopic (exact) mass is 272 g/mol. The highest BCUT2D eigenvalue weighted by molar-refractivity contribution is 5.57. The predicted octanol–water partition coefficient (Wildman–Crippen LogP) is 1.75. The Balaban J connectivity index is 2.26. The van der Waals surface area contributed by atoms with E-state index >= 15 is 0 Å². The number of hydrogen-bond acceptors (Lipinski definition) is 5. The van der Waals surface area contributed by atoms with Crippen LogP contribution in [0.4, 0.5) is 10.2 Å². The number of aliphatic hydroxyl groups is 1. The minimum Gasteiger partial charge on any atom is -0.395 e. The van der Waals surface area contributed by atoms with Gasteiger partial charge in [-0.1, -0.05) is 24.3 Å². The van der Waals surface area contributed by atoms with Gasteiger partial charge in [-0.25, -0.2) is 14.4 Å². The van der Waals surface area contributed by atoms with Gasteiger partial charge >= 0.3 is 0 Å². The molecule has 2 aromatic rings. The van der Waals surface area contributed by atoms with Gasteiger partial charge in [-0.3, -0.25) is 0 Å². The molecule has 20 heavy (non-hydrogen) atoms. The van der Waals surface area contributed by atoms with Crippen LogP contribution in [-0.4, -0.2) is 28.2 Å². The second-order valence-electron chi connectivity index (χ2n) is 4.07. The van der Waals surface area contributed by atoms with Gasteiger partial charge in [0.05, 0.1) is 25.3 Å². The zero-order chi connectivity index (χ0) is 14.4. The second kappa shape index (κ2) is 6.59. The van der Waals surface area contributed by atoms with Gasteiger partial charge in [0.25, 0.3) is 0 Å². The number of nitrogens with zero attached hydrogens (tertiary/aromatic N) is 3. The average molecular weight is 272 g/mol. The minimum absolute atomic E-state index is 0.0603. The lowest BCUT2D eigenvalue weighted by molar-refractivity contribution is 0.310. The standard InChI is InChI=1S/C14H13FN4O/c15-12-9-18-13(19-14(12)17-7-8-20)11-3-1-10(2-4-11)5-6-16/h1-4,9,20H,5,7-8H2,(H,17,18,19). The van der Waals surface area contributed by atoms with Gasteiger partial charge < -0.3 is 10.4 Å². The highest BCUT2D eigenvalue weighted by atomic mass is 19.1. The third kappa shape index (κ3) is 3.28. The lowest BCUT2D eigenvalue weighted by atomic mass is 10.1. The molecule has 0 saturated carbocycles. The van der Waals surface area contributed by atoms with E-state index in [2.05, 4.69) is 21.4 Å². The number of halogens is 1. The van der Waals surface area contributed by atoms with E-state index in [0.29, 0.717) is 12.2 Å². The summed E-state index contributed by atoms with van der Waals surface area (Å²) >= 11 is 0. The van der Waals surface area contributed by atoms with Gasteiger partial charge in [0.15, 0.2) is 17.5 Å². The lowest BCUT2D eigenvalue weighted by Crippen LogP contribution is -2.09. The number of benzene rings is 1. The second-order valence-corrected chi connectivity index (χ2v) is 4.07. The first-order valence-corrected chi connectivity index (χ1v) is 6.08. The fraction of sp³-hybridized carbons (Fsp3) is 0.214. The molecule has 0 fully saturated rings. The number of aromatic nitrogens is 2. The molecule has 0 spiro atoms. The van der Waals surface area contributed by atoms with Gasteiger partial charge in [0, 0.05) is 12.1 Å². The van der Waals surface area contributed by atoms with Gasteiger partial charge in [-0.2, -0.15) is 5.26 Å². The van der Waals surface area contributed by atoms with Crippen molar-refractivity contribution in [1.82, 2.24) is 9.97 Å². The molecule has 1 heterocycles. The first-order valence-electron chi connectivity index (χ1n) is 6.08. The largest absolute Gasteiger partial charge is 0.395 e. The fourth-order valence-corrected chi connectivity index (χ4v) is 1.67. The summed E-state index contributed by atoms with van der Waals surface area (Å²) in [5.41, 5.74) is 1.63. The molecule has 1 aromatic heterocycles. The van der Waals surface area contributed by atoms with Crippen LogP contribution in [0, 0.1) is 17.1 Å². The Labute approximate surface area is 115 Å². The van der Waals surface area contributed by atoms with E-state index in [1.807, 2.05) is 12.1 Å². The molecule has 0 saturated heterocycles. The molecule has 0 aliphatic rings. The SMILES string of the molecule is N#CCc1ccc(-c2ncc(F)c(NCCO)n2)cc1. The predicted molar refractivity (Wildman–Crippen MR) is 72.3 cm³/mol. The van der Waals surface area contributed by atoms with Gasteiger partial charge in [-0.05, 0) is 5.56 Å². The molecule has 1 aromatic carbocycles. The van der Waals surface area contributed by atoms with E-state index in [1.54, 1.807) is 12.1 Å². The molecule has 0 bridgehead atoms. The van der Waals surface area contributed by atoms with Crippen molar-refractivity contribution in [2.24, 2.45) is 0 Å². The molecule has 0 aliphatic carbocycles. The van der Waals surface area contributed by atoms with Gasteiger partial charge in [0.1, 0.15) is 0 Å². The first-order chi connectivity index (χ1) is 9.74. The van der Waals surface area contributed by atoms with Crippen molar-refractivity contribution in [2.45, 2.75) is 6.42 Å².